The van der Waals surface area contributed by atoms with Crippen LogP contribution in [0.3, 0.4) is 0 Å². The minimum atomic E-state index is -1.81. The Kier molecular flexibility index (Phi) is 5.01. The molecular weight excluding hydrogens is 328 g/mol. The van der Waals surface area contributed by atoms with Gasteiger partial charge in [-0.15, -0.1) is 0 Å². The summed E-state index contributed by atoms with van der Waals surface area (Å²) in [4.78, 5) is 12.4. The summed E-state index contributed by atoms with van der Waals surface area (Å²) in [6, 6.07) is 7.65. The quantitative estimate of drug-likeness (QED) is 0.594. The third kappa shape index (κ3) is 3.49. The number of hydrogen-bond acceptors (Lipinski definition) is 3. The van der Waals surface area contributed by atoms with Crippen molar-refractivity contribution >= 4 is 14.3 Å². The van der Waals surface area contributed by atoms with E-state index < -0.39 is 13.7 Å². The van der Waals surface area contributed by atoms with E-state index >= 15 is 0 Å². The van der Waals surface area contributed by atoms with Crippen molar-refractivity contribution in [3.63, 3.8) is 0 Å². The molecular formula is C18H28ClO3Si+. The summed E-state index contributed by atoms with van der Waals surface area (Å²) in [5.74, 6) is 0.0125. The molecule has 5 heteroatoms. The lowest BCUT2D eigenvalue weighted by Crippen LogP contribution is -2.41. The fraction of sp³-hybridized carbons (Fsp3) is 0.611. The van der Waals surface area contributed by atoms with Gasteiger partial charge in [-0.2, -0.15) is 0 Å². The SMILES string of the molecule is COC(=O)[C@@]1(c2ccc([ClH+])cc2)C[C@@H]1CO[Si](C)(C)C(C)(C)C. The zero-order valence-electron chi connectivity index (χ0n) is 14.9. The summed E-state index contributed by atoms with van der Waals surface area (Å²) in [7, 11) is -0.360. The van der Waals surface area contributed by atoms with Gasteiger partial charge in [-0.1, -0.05) is 32.9 Å². The molecule has 2 atom stereocenters. The van der Waals surface area contributed by atoms with Crippen LogP contribution in [0.4, 0.5) is 0 Å². The summed E-state index contributed by atoms with van der Waals surface area (Å²) in [5.41, 5.74) is 0.432. The van der Waals surface area contributed by atoms with Crippen molar-refractivity contribution in [2.75, 3.05) is 13.7 Å². The molecule has 0 heterocycles. The molecule has 23 heavy (non-hydrogen) atoms. The van der Waals surface area contributed by atoms with Crippen LogP contribution in [0.1, 0.15) is 32.8 Å². The van der Waals surface area contributed by atoms with E-state index in [0.717, 1.165) is 17.0 Å². The molecule has 2 rings (SSSR count). The third-order valence-electron chi connectivity index (χ3n) is 5.48. The van der Waals surface area contributed by atoms with Crippen LogP contribution >= 0.6 is 0 Å². The van der Waals surface area contributed by atoms with E-state index in [1.165, 1.54) is 7.11 Å². The maximum absolute atomic E-state index is 12.4. The zero-order chi connectivity index (χ0) is 17.5. The Bertz CT molecular complexity index is 577. The summed E-state index contributed by atoms with van der Waals surface area (Å²) in [5, 5.41) is 0.947. The maximum atomic E-state index is 12.4. The second-order valence-electron chi connectivity index (χ2n) is 7.96. The van der Waals surface area contributed by atoms with Crippen molar-refractivity contribution in [2.45, 2.75) is 50.7 Å². The number of ether oxygens (including phenoxy) is 1. The molecule has 1 aliphatic carbocycles. The van der Waals surface area contributed by atoms with Crippen LogP contribution in [0, 0.1) is 17.5 Å². The number of esters is 1. The summed E-state index contributed by atoms with van der Waals surface area (Å²) in [6.45, 7) is 11.8. The Morgan fingerprint density at radius 1 is 1.30 bits per heavy atom. The monoisotopic (exact) mass is 355 g/mol. The molecule has 1 aromatic rings. The molecule has 0 aliphatic heterocycles. The average Bonchev–Trinajstić information content (AvgIpc) is 3.19. The summed E-state index contributed by atoms with van der Waals surface area (Å²) < 4.78 is 11.4. The van der Waals surface area contributed by atoms with E-state index in [0.29, 0.717) is 6.61 Å². The molecule has 0 N–H and O–H groups in total. The first kappa shape index (κ1) is 18.5. The number of carbonyl (C=O) groups is 1. The van der Waals surface area contributed by atoms with Crippen LogP contribution < -0.4 is 0 Å². The highest BCUT2D eigenvalue weighted by Crippen LogP contribution is 2.56. The molecule has 1 aromatic carbocycles. The fourth-order valence-electron chi connectivity index (χ4n) is 2.71. The number of halogens is 1. The topological polar surface area (TPSA) is 35.5 Å². The van der Waals surface area contributed by atoms with Gasteiger partial charge >= 0.3 is 5.97 Å². The van der Waals surface area contributed by atoms with Gasteiger partial charge < -0.3 is 9.16 Å². The Balaban J connectivity index is 2.16. The van der Waals surface area contributed by atoms with E-state index in [4.69, 9.17) is 20.8 Å². The van der Waals surface area contributed by atoms with E-state index in [1.54, 1.807) is 0 Å². The molecule has 0 spiro atoms. The van der Waals surface area contributed by atoms with Crippen LogP contribution in [-0.4, -0.2) is 28.0 Å². The van der Waals surface area contributed by atoms with E-state index in [-0.39, 0.29) is 16.9 Å². The van der Waals surface area contributed by atoms with E-state index in [9.17, 15) is 4.79 Å². The first-order chi connectivity index (χ1) is 10.5. The Hall–Kier alpha value is -0.843. The van der Waals surface area contributed by atoms with Gasteiger partial charge in [0.05, 0.1) is 12.5 Å². The highest BCUT2D eigenvalue weighted by molar-refractivity contribution is 6.74. The molecule has 1 aliphatic rings. The zero-order valence-corrected chi connectivity index (χ0v) is 16.8. The molecule has 128 valence electrons. The molecule has 1 saturated carbocycles. The van der Waals surface area contributed by atoms with Gasteiger partial charge in [0.2, 0.25) is 5.02 Å². The van der Waals surface area contributed by atoms with Gasteiger partial charge in [0.1, 0.15) is 0 Å². The second-order valence-corrected chi connectivity index (χ2v) is 13.2. The second kappa shape index (κ2) is 6.23. The van der Waals surface area contributed by atoms with Crippen molar-refractivity contribution in [3.05, 3.63) is 34.9 Å². The third-order valence-corrected chi connectivity index (χ3v) is 10.2. The predicted octanol–water partition coefficient (Wildman–Crippen LogP) is 3.84. The largest absolute Gasteiger partial charge is 0.468 e. The van der Waals surface area contributed by atoms with Crippen molar-refractivity contribution < 1.29 is 25.6 Å². The lowest BCUT2D eigenvalue weighted by Gasteiger charge is -2.36. The molecule has 0 unspecified atom stereocenters. The minimum absolute atomic E-state index is 0.166. The standard InChI is InChI=1S/C18H28ClO3Si/c1-17(2,3)23(5,6)22-12-14-11-18(14,16(20)21-4)13-7-9-15(19)10-8-13/h7-10,14,19H,11-12H2,1-6H3/q+1/t14-,18-/m1/s1. The first-order valence-electron chi connectivity index (χ1n) is 8.04. The number of benzene rings is 1. The van der Waals surface area contributed by atoms with Gasteiger partial charge in [0.15, 0.2) is 19.9 Å². The number of hydrogen-bond donors (Lipinski definition) is 0. The van der Waals surface area contributed by atoms with Crippen LogP contribution in [0.15, 0.2) is 24.3 Å². The highest BCUT2D eigenvalue weighted by atomic mass is 35.5. The summed E-state index contributed by atoms with van der Waals surface area (Å²) in [6.07, 6.45) is 0.783. The average molecular weight is 356 g/mol. The lowest BCUT2D eigenvalue weighted by atomic mass is 9.93. The highest BCUT2D eigenvalue weighted by Gasteiger charge is 2.62. The van der Waals surface area contributed by atoms with Crippen molar-refractivity contribution in [2.24, 2.45) is 5.92 Å². The molecule has 0 saturated heterocycles. The molecule has 1 fully saturated rings. The maximum Gasteiger partial charge on any atom is 0.316 e. The van der Waals surface area contributed by atoms with E-state index in [1.807, 2.05) is 24.3 Å². The van der Waals surface area contributed by atoms with Gasteiger partial charge in [-0.05, 0) is 30.1 Å². The molecule has 0 amide bonds. The van der Waals surface area contributed by atoms with Gasteiger partial charge in [0, 0.05) is 24.7 Å². The lowest BCUT2D eigenvalue weighted by molar-refractivity contribution is -0.288. The van der Waals surface area contributed by atoms with E-state index in [2.05, 4.69) is 33.9 Å². The molecule has 0 aromatic heterocycles. The Morgan fingerprint density at radius 3 is 2.35 bits per heavy atom. The minimum Gasteiger partial charge on any atom is -0.468 e. The van der Waals surface area contributed by atoms with Gasteiger partial charge in [-0.3, -0.25) is 4.79 Å². The van der Waals surface area contributed by atoms with Crippen LogP contribution in [-0.2, 0) is 19.4 Å². The smallest absolute Gasteiger partial charge is 0.316 e. The molecule has 0 bridgehead atoms. The number of methoxy groups -OCH3 is 1. The number of carbonyl (C=O) groups excluding carboxylic acids is 1. The molecule has 0 radical (unpaired) electrons. The Morgan fingerprint density at radius 2 is 1.87 bits per heavy atom. The Labute approximate surface area is 145 Å². The normalized spacial score (nSPS) is 24.4. The first-order valence-corrected chi connectivity index (χ1v) is 11.4. The fourth-order valence-corrected chi connectivity index (χ4v) is 3.90. The van der Waals surface area contributed by atoms with Gasteiger partial charge in [0.25, 0.3) is 0 Å². The van der Waals surface area contributed by atoms with Crippen molar-refractivity contribution in [3.8, 4) is 0 Å². The van der Waals surface area contributed by atoms with Crippen LogP contribution in [0.5, 0.6) is 0 Å². The van der Waals surface area contributed by atoms with Crippen LogP contribution in [0.25, 0.3) is 0 Å². The van der Waals surface area contributed by atoms with Crippen molar-refractivity contribution in [1.82, 2.24) is 0 Å². The van der Waals surface area contributed by atoms with Gasteiger partial charge in [-0.25, -0.2) is 0 Å². The summed E-state index contributed by atoms with van der Waals surface area (Å²) >= 11 is 5.14. The number of rotatable bonds is 5. The predicted molar refractivity (Wildman–Crippen MR) is 91.9 cm³/mol. The van der Waals surface area contributed by atoms with Crippen molar-refractivity contribution in [1.29, 1.82) is 0 Å². The molecule has 3 nitrogen and oxygen atoms in total. The van der Waals surface area contributed by atoms with Crippen LogP contribution in [0.2, 0.25) is 23.2 Å².